The number of carbonyl (C=O) groups is 2. The Balaban J connectivity index is 3.28. The number of Topliss-reactive ketones (excluding diaryl/α,β-unsaturated/α-hetero) is 1. The fraction of sp³-hybridized carbons (Fsp3) is 0.778. The van der Waals surface area contributed by atoms with E-state index in [1.807, 2.05) is 47.6 Å². The lowest BCUT2D eigenvalue weighted by Gasteiger charge is -2.40. The van der Waals surface area contributed by atoms with Crippen LogP contribution in [0.2, 0.25) is 0 Å². The van der Waals surface area contributed by atoms with Gasteiger partial charge in [0.25, 0.3) is 0 Å². The van der Waals surface area contributed by atoms with Crippen LogP contribution in [0.3, 0.4) is 0 Å². The Bertz CT molecular complexity index is 440. The van der Waals surface area contributed by atoms with Crippen LogP contribution in [-0.4, -0.2) is 30.1 Å². The lowest BCUT2D eigenvalue weighted by molar-refractivity contribution is -0.180. The summed E-state index contributed by atoms with van der Waals surface area (Å²) < 4.78 is 11.4. The molecule has 0 saturated heterocycles. The van der Waals surface area contributed by atoms with Gasteiger partial charge in [-0.15, -0.1) is 0 Å². The van der Waals surface area contributed by atoms with Crippen LogP contribution < -0.4 is 0 Å². The minimum atomic E-state index is -1.20. The molecule has 0 amide bonds. The summed E-state index contributed by atoms with van der Waals surface area (Å²) in [6, 6.07) is 0. The van der Waals surface area contributed by atoms with Crippen LogP contribution in [0.4, 0.5) is 0 Å². The molecule has 0 N–H and O–H groups in total. The van der Waals surface area contributed by atoms with E-state index >= 15 is 0 Å². The molecule has 0 radical (unpaired) electrons. The largest absolute Gasteiger partial charge is 0.459 e. The van der Waals surface area contributed by atoms with E-state index in [9.17, 15) is 9.59 Å². The van der Waals surface area contributed by atoms with E-state index in [0.29, 0.717) is 19.4 Å². The molecule has 4 nitrogen and oxygen atoms in total. The highest BCUT2D eigenvalue weighted by Crippen LogP contribution is 2.41. The topological polar surface area (TPSA) is 52.6 Å². The van der Waals surface area contributed by atoms with Crippen LogP contribution in [0.15, 0.2) is 11.6 Å². The Hall–Kier alpha value is -1.16. The van der Waals surface area contributed by atoms with Crippen molar-refractivity contribution >= 4 is 11.8 Å². The number of ketones is 1. The van der Waals surface area contributed by atoms with Gasteiger partial charge in [-0.05, 0) is 54.4 Å². The molecule has 0 heterocycles. The van der Waals surface area contributed by atoms with Gasteiger partial charge in [-0.2, -0.15) is 0 Å². The summed E-state index contributed by atoms with van der Waals surface area (Å²) in [5.74, 6) is -0.496. The summed E-state index contributed by atoms with van der Waals surface area (Å²) in [5, 5.41) is 0. The number of allylic oxidation sites excluding steroid dienone is 1. The van der Waals surface area contributed by atoms with E-state index in [1.165, 1.54) is 0 Å². The van der Waals surface area contributed by atoms with Crippen LogP contribution in [0.25, 0.3) is 0 Å². The number of rotatable bonds is 5. The second kappa shape index (κ2) is 7.40. The molecule has 2 atom stereocenters. The first-order chi connectivity index (χ1) is 10.1. The van der Waals surface area contributed by atoms with Crippen molar-refractivity contribution in [3.63, 3.8) is 0 Å². The normalized spacial score (nSPS) is 23.8. The molecule has 4 heteroatoms. The average Bonchev–Trinajstić information content (AvgIpc) is 2.36. The third kappa shape index (κ3) is 4.42. The van der Waals surface area contributed by atoms with Crippen molar-refractivity contribution in [1.82, 2.24) is 0 Å². The Morgan fingerprint density at radius 1 is 1.32 bits per heavy atom. The first-order valence-corrected chi connectivity index (χ1v) is 8.17. The van der Waals surface area contributed by atoms with Gasteiger partial charge in [0.2, 0.25) is 0 Å². The Morgan fingerprint density at radius 3 is 2.41 bits per heavy atom. The molecular weight excluding hydrogens is 280 g/mol. The van der Waals surface area contributed by atoms with Crippen molar-refractivity contribution in [2.45, 2.75) is 78.9 Å². The highest BCUT2D eigenvalue weighted by molar-refractivity contribution is 6.05. The molecular formula is C18H30O4. The minimum Gasteiger partial charge on any atom is -0.459 e. The van der Waals surface area contributed by atoms with E-state index in [2.05, 4.69) is 0 Å². The van der Waals surface area contributed by atoms with Crippen LogP contribution >= 0.6 is 0 Å². The molecule has 22 heavy (non-hydrogen) atoms. The van der Waals surface area contributed by atoms with E-state index < -0.39 is 23.1 Å². The smallest absolute Gasteiger partial charge is 0.323 e. The number of hydrogen-bond donors (Lipinski definition) is 0. The van der Waals surface area contributed by atoms with Gasteiger partial charge >= 0.3 is 5.97 Å². The van der Waals surface area contributed by atoms with Gasteiger partial charge in [0.15, 0.2) is 11.2 Å². The molecule has 0 aromatic rings. The number of hydrogen-bond acceptors (Lipinski definition) is 4. The third-order valence-corrected chi connectivity index (χ3v) is 3.80. The molecule has 0 spiro atoms. The quantitative estimate of drug-likeness (QED) is 0.440. The maximum atomic E-state index is 12.9. The van der Waals surface area contributed by atoms with Crippen molar-refractivity contribution in [3.05, 3.63) is 11.6 Å². The van der Waals surface area contributed by atoms with E-state index in [4.69, 9.17) is 9.47 Å². The maximum absolute atomic E-state index is 12.9. The molecule has 0 aliphatic heterocycles. The highest BCUT2D eigenvalue weighted by atomic mass is 16.6. The van der Waals surface area contributed by atoms with Crippen LogP contribution in [-0.2, 0) is 19.1 Å². The molecule has 126 valence electrons. The van der Waals surface area contributed by atoms with Gasteiger partial charge in [-0.1, -0.05) is 18.1 Å². The molecule has 1 aliphatic carbocycles. The summed E-state index contributed by atoms with van der Waals surface area (Å²) >= 11 is 0. The fourth-order valence-electron chi connectivity index (χ4n) is 2.87. The fourth-order valence-corrected chi connectivity index (χ4v) is 2.87. The summed E-state index contributed by atoms with van der Waals surface area (Å²) in [7, 11) is 0. The molecule has 1 aliphatic rings. The minimum absolute atomic E-state index is 0.0519. The number of ether oxygens (including phenoxy) is 2. The summed E-state index contributed by atoms with van der Waals surface area (Å²) in [5.41, 5.74) is -0.790. The zero-order valence-corrected chi connectivity index (χ0v) is 14.8. The molecule has 1 rings (SSSR count). The van der Waals surface area contributed by atoms with Crippen molar-refractivity contribution < 1.29 is 19.1 Å². The van der Waals surface area contributed by atoms with Gasteiger partial charge in [0.05, 0.1) is 6.10 Å². The van der Waals surface area contributed by atoms with E-state index in [-0.39, 0.29) is 5.78 Å². The first-order valence-electron chi connectivity index (χ1n) is 8.17. The second-order valence-corrected chi connectivity index (χ2v) is 7.22. The maximum Gasteiger partial charge on any atom is 0.323 e. The monoisotopic (exact) mass is 310 g/mol. The highest BCUT2D eigenvalue weighted by Gasteiger charge is 2.54. The van der Waals surface area contributed by atoms with Gasteiger partial charge < -0.3 is 9.47 Å². The summed E-state index contributed by atoms with van der Waals surface area (Å²) in [6.07, 6.45) is 3.91. The van der Waals surface area contributed by atoms with Crippen molar-refractivity contribution in [2.24, 2.45) is 5.41 Å². The van der Waals surface area contributed by atoms with Crippen LogP contribution in [0.5, 0.6) is 0 Å². The average molecular weight is 310 g/mol. The summed E-state index contributed by atoms with van der Waals surface area (Å²) in [6.45, 7) is 11.7. The van der Waals surface area contributed by atoms with E-state index in [0.717, 1.165) is 18.4 Å². The van der Waals surface area contributed by atoms with Crippen LogP contribution in [0.1, 0.15) is 67.2 Å². The predicted octanol–water partition coefficient (Wildman–Crippen LogP) is 3.83. The molecule has 1 fully saturated rings. The standard InChI is InChI=1S/C18H30O4/c1-7-21-15(12-13(2)3)18(11-9-8-10-14(18)19)16(20)22-17(4,5)6/h12,15H,7-11H2,1-6H3. The van der Waals surface area contributed by atoms with Gasteiger partial charge in [0, 0.05) is 13.0 Å². The lowest BCUT2D eigenvalue weighted by Crippen LogP contribution is -2.53. The number of carbonyl (C=O) groups excluding carboxylic acids is 2. The van der Waals surface area contributed by atoms with Gasteiger partial charge in [-0.25, -0.2) is 0 Å². The Labute approximate surface area is 134 Å². The first kappa shape index (κ1) is 18.9. The SMILES string of the molecule is CCOC(C=C(C)C)C1(C(=O)OC(C)(C)C)CCCCC1=O. The molecule has 1 saturated carbocycles. The van der Waals surface area contributed by atoms with Gasteiger partial charge in [0.1, 0.15) is 5.60 Å². The molecule has 0 bridgehead atoms. The number of esters is 1. The van der Waals surface area contributed by atoms with Gasteiger partial charge in [-0.3, -0.25) is 9.59 Å². The Kier molecular flexibility index (Phi) is 6.36. The summed E-state index contributed by atoms with van der Waals surface area (Å²) in [4.78, 5) is 25.6. The van der Waals surface area contributed by atoms with Crippen molar-refractivity contribution in [1.29, 1.82) is 0 Å². The van der Waals surface area contributed by atoms with Crippen molar-refractivity contribution in [2.75, 3.05) is 6.61 Å². The van der Waals surface area contributed by atoms with E-state index in [1.54, 1.807) is 0 Å². The van der Waals surface area contributed by atoms with Crippen molar-refractivity contribution in [3.8, 4) is 0 Å². The lowest BCUT2D eigenvalue weighted by atomic mass is 9.68. The molecule has 2 unspecified atom stereocenters. The predicted molar refractivity (Wildman–Crippen MR) is 86.6 cm³/mol. The molecule has 0 aromatic carbocycles. The third-order valence-electron chi connectivity index (χ3n) is 3.80. The second-order valence-electron chi connectivity index (χ2n) is 7.22. The zero-order valence-electron chi connectivity index (χ0n) is 14.8. The zero-order chi connectivity index (χ0) is 17.0. The molecule has 0 aromatic heterocycles. The van der Waals surface area contributed by atoms with Crippen LogP contribution in [0, 0.1) is 5.41 Å². The Morgan fingerprint density at radius 2 is 1.95 bits per heavy atom.